The molecule has 1 aromatic heterocycles. The van der Waals surface area contributed by atoms with E-state index in [-0.39, 0.29) is 5.92 Å². The zero-order valence-corrected chi connectivity index (χ0v) is 10.1. The SMILES string of the molecule is Cc1c(NN)nc(C(C)C)nc1NCC(F)F. The van der Waals surface area contributed by atoms with E-state index in [0.29, 0.717) is 23.0 Å². The van der Waals surface area contributed by atoms with E-state index in [9.17, 15) is 8.78 Å². The molecule has 0 aliphatic rings. The van der Waals surface area contributed by atoms with Crippen LogP contribution in [0.3, 0.4) is 0 Å². The van der Waals surface area contributed by atoms with Crippen molar-refractivity contribution in [3.8, 4) is 0 Å². The summed E-state index contributed by atoms with van der Waals surface area (Å²) in [5.74, 6) is 6.81. The first kappa shape index (κ1) is 13.6. The van der Waals surface area contributed by atoms with Crippen molar-refractivity contribution in [3.63, 3.8) is 0 Å². The van der Waals surface area contributed by atoms with Crippen LogP contribution in [0, 0.1) is 6.92 Å². The summed E-state index contributed by atoms with van der Waals surface area (Å²) in [6, 6.07) is 0. The van der Waals surface area contributed by atoms with E-state index in [1.807, 2.05) is 13.8 Å². The van der Waals surface area contributed by atoms with Crippen molar-refractivity contribution in [1.29, 1.82) is 0 Å². The van der Waals surface area contributed by atoms with Gasteiger partial charge in [-0.05, 0) is 6.92 Å². The fourth-order valence-electron chi connectivity index (χ4n) is 1.28. The molecule has 0 saturated heterocycles. The van der Waals surface area contributed by atoms with Crippen molar-refractivity contribution in [3.05, 3.63) is 11.4 Å². The smallest absolute Gasteiger partial charge is 0.255 e. The molecule has 96 valence electrons. The zero-order chi connectivity index (χ0) is 13.0. The van der Waals surface area contributed by atoms with E-state index in [2.05, 4.69) is 20.7 Å². The third-order valence-electron chi connectivity index (χ3n) is 2.24. The molecule has 1 heterocycles. The maximum Gasteiger partial charge on any atom is 0.255 e. The Balaban J connectivity index is 3.04. The minimum atomic E-state index is -2.43. The number of nitrogens with zero attached hydrogens (tertiary/aromatic N) is 2. The zero-order valence-electron chi connectivity index (χ0n) is 10.1. The van der Waals surface area contributed by atoms with Gasteiger partial charge in [0.25, 0.3) is 6.43 Å². The summed E-state index contributed by atoms with van der Waals surface area (Å²) < 4.78 is 24.3. The van der Waals surface area contributed by atoms with Crippen molar-refractivity contribution < 1.29 is 8.78 Å². The van der Waals surface area contributed by atoms with Crippen LogP contribution in [0.15, 0.2) is 0 Å². The molecule has 0 spiro atoms. The number of nitrogen functional groups attached to an aromatic ring is 1. The monoisotopic (exact) mass is 245 g/mol. The summed E-state index contributed by atoms with van der Waals surface area (Å²) in [6.07, 6.45) is -2.43. The first-order valence-corrected chi connectivity index (χ1v) is 5.32. The number of nitrogens with two attached hydrogens (primary N) is 1. The van der Waals surface area contributed by atoms with Gasteiger partial charge in [0.1, 0.15) is 17.5 Å². The molecular formula is C10H17F2N5. The molecule has 7 heteroatoms. The third-order valence-corrected chi connectivity index (χ3v) is 2.24. The van der Waals surface area contributed by atoms with E-state index >= 15 is 0 Å². The van der Waals surface area contributed by atoms with Crippen molar-refractivity contribution >= 4 is 11.6 Å². The molecule has 0 aromatic carbocycles. The first-order valence-electron chi connectivity index (χ1n) is 5.32. The largest absolute Gasteiger partial charge is 0.364 e. The van der Waals surface area contributed by atoms with E-state index in [0.717, 1.165) is 0 Å². The van der Waals surface area contributed by atoms with Gasteiger partial charge < -0.3 is 10.7 Å². The van der Waals surface area contributed by atoms with Gasteiger partial charge in [-0.1, -0.05) is 13.8 Å². The van der Waals surface area contributed by atoms with E-state index in [1.54, 1.807) is 6.92 Å². The standard InChI is InChI=1S/C10H17F2N5/c1-5(2)8-15-9(14-4-7(11)12)6(3)10(16-8)17-13/h5,7H,4,13H2,1-3H3,(H2,14,15,16,17). The predicted octanol–water partition coefficient (Wildman–Crippen LogP) is 1.87. The van der Waals surface area contributed by atoms with Crippen LogP contribution in [0.1, 0.15) is 31.2 Å². The molecule has 0 unspecified atom stereocenters. The molecule has 0 aliphatic carbocycles. The van der Waals surface area contributed by atoms with Crippen molar-refractivity contribution in [2.75, 3.05) is 17.3 Å². The Hall–Kier alpha value is -1.50. The summed E-state index contributed by atoms with van der Waals surface area (Å²) >= 11 is 0. The van der Waals surface area contributed by atoms with E-state index in [1.165, 1.54) is 0 Å². The summed E-state index contributed by atoms with van der Waals surface area (Å²) in [5, 5.41) is 2.59. The van der Waals surface area contributed by atoms with Gasteiger partial charge in [-0.3, -0.25) is 0 Å². The Morgan fingerprint density at radius 1 is 1.24 bits per heavy atom. The van der Waals surface area contributed by atoms with Gasteiger partial charge >= 0.3 is 0 Å². The summed E-state index contributed by atoms with van der Waals surface area (Å²) in [7, 11) is 0. The van der Waals surface area contributed by atoms with Gasteiger partial charge in [-0.25, -0.2) is 24.6 Å². The first-order chi connectivity index (χ1) is 7.95. The molecule has 0 amide bonds. The minimum Gasteiger partial charge on any atom is -0.364 e. The summed E-state index contributed by atoms with van der Waals surface area (Å²) in [6.45, 7) is 5.11. The predicted molar refractivity (Wildman–Crippen MR) is 63.2 cm³/mol. The molecule has 0 radical (unpaired) electrons. The molecule has 0 fully saturated rings. The number of aromatic nitrogens is 2. The van der Waals surface area contributed by atoms with Crippen molar-refractivity contribution in [2.45, 2.75) is 33.1 Å². The number of hydrogen-bond donors (Lipinski definition) is 3. The van der Waals surface area contributed by atoms with Gasteiger partial charge in [0.05, 0.1) is 6.54 Å². The number of anilines is 2. The second-order valence-corrected chi connectivity index (χ2v) is 3.98. The van der Waals surface area contributed by atoms with Crippen molar-refractivity contribution in [1.82, 2.24) is 9.97 Å². The maximum atomic E-state index is 12.1. The second kappa shape index (κ2) is 5.72. The number of rotatable bonds is 5. The quantitative estimate of drug-likeness (QED) is 0.545. The average Bonchev–Trinajstić information content (AvgIpc) is 2.27. The highest BCUT2D eigenvalue weighted by atomic mass is 19.3. The Kier molecular flexibility index (Phi) is 4.56. The molecule has 0 saturated carbocycles. The molecular weight excluding hydrogens is 228 g/mol. The highest BCUT2D eigenvalue weighted by Crippen LogP contribution is 2.22. The molecule has 1 aromatic rings. The summed E-state index contributed by atoms with van der Waals surface area (Å²) in [5.41, 5.74) is 3.06. The van der Waals surface area contributed by atoms with E-state index in [4.69, 9.17) is 5.84 Å². The Bertz CT molecular complexity index is 381. The average molecular weight is 245 g/mol. The second-order valence-electron chi connectivity index (χ2n) is 3.98. The Labute approximate surface area is 98.8 Å². The van der Waals surface area contributed by atoms with Gasteiger partial charge in [0.15, 0.2) is 0 Å². The van der Waals surface area contributed by atoms with Crippen LogP contribution in [0.25, 0.3) is 0 Å². The van der Waals surface area contributed by atoms with Crippen LogP contribution in [-0.2, 0) is 0 Å². The number of halogens is 2. The molecule has 0 aliphatic heterocycles. The fourth-order valence-corrected chi connectivity index (χ4v) is 1.28. The molecule has 17 heavy (non-hydrogen) atoms. The van der Waals surface area contributed by atoms with Gasteiger partial charge in [0.2, 0.25) is 0 Å². The summed E-state index contributed by atoms with van der Waals surface area (Å²) in [4.78, 5) is 8.40. The fraction of sp³-hybridized carbons (Fsp3) is 0.600. The number of alkyl halides is 2. The number of nitrogens with one attached hydrogen (secondary N) is 2. The van der Waals surface area contributed by atoms with Crippen molar-refractivity contribution in [2.24, 2.45) is 5.84 Å². The number of hydrazine groups is 1. The Morgan fingerprint density at radius 2 is 1.82 bits per heavy atom. The molecule has 0 bridgehead atoms. The van der Waals surface area contributed by atoms with Crippen LogP contribution in [0.4, 0.5) is 20.4 Å². The van der Waals surface area contributed by atoms with Crippen LogP contribution in [-0.4, -0.2) is 22.9 Å². The molecule has 1 rings (SSSR count). The third kappa shape index (κ3) is 3.48. The normalized spacial score (nSPS) is 11.1. The molecule has 5 nitrogen and oxygen atoms in total. The van der Waals surface area contributed by atoms with Crippen LogP contribution >= 0.6 is 0 Å². The van der Waals surface area contributed by atoms with Gasteiger partial charge in [-0.15, -0.1) is 0 Å². The lowest BCUT2D eigenvalue weighted by Gasteiger charge is -2.14. The topological polar surface area (TPSA) is 75.9 Å². The highest BCUT2D eigenvalue weighted by Gasteiger charge is 2.13. The maximum absolute atomic E-state index is 12.1. The van der Waals surface area contributed by atoms with E-state index < -0.39 is 13.0 Å². The molecule has 0 atom stereocenters. The lowest BCUT2D eigenvalue weighted by Crippen LogP contribution is -2.17. The van der Waals surface area contributed by atoms with Crippen LogP contribution in [0.5, 0.6) is 0 Å². The molecule has 4 N–H and O–H groups in total. The Morgan fingerprint density at radius 3 is 2.29 bits per heavy atom. The van der Waals surface area contributed by atoms with Gasteiger partial charge in [0, 0.05) is 11.5 Å². The lowest BCUT2D eigenvalue weighted by atomic mass is 10.2. The van der Waals surface area contributed by atoms with Gasteiger partial charge in [-0.2, -0.15) is 0 Å². The van der Waals surface area contributed by atoms with Crippen LogP contribution in [0.2, 0.25) is 0 Å². The number of hydrogen-bond acceptors (Lipinski definition) is 5. The highest BCUT2D eigenvalue weighted by molar-refractivity contribution is 5.56. The lowest BCUT2D eigenvalue weighted by molar-refractivity contribution is 0.163. The van der Waals surface area contributed by atoms with Crippen LogP contribution < -0.4 is 16.6 Å². The minimum absolute atomic E-state index is 0.0924.